The highest BCUT2D eigenvalue weighted by atomic mass is 32.2. The van der Waals surface area contributed by atoms with E-state index in [1.54, 1.807) is 0 Å². The van der Waals surface area contributed by atoms with Gasteiger partial charge < -0.3 is 9.84 Å². The first kappa shape index (κ1) is 14.7. The van der Waals surface area contributed by atoms with Crippen LogP contribution in [0.25, 0.3) is 0 Å². The Morgan fingerprint density at radius 1 is 1.22 bits per heavy atom. The van der Waals surface area contributed by atoms with E-state index in [0.717, 1.165) is 19.4 Å². The molecule has 2 aliphatic heterocycles. The Balaban J connectivity index is 1.97. The minimum atomic E-state index is -0.152. The molecule has 2 rings (SSSR count). The van der Waals surface area contributed by atoms with E-state index >= 15 is 0 Å². The molecule has 0 radical (unpaired) electrons. The van der Waals surface area contributed by atoms with Crippen LogP contribution in [0.2, 0.25) is 0 Å². The van der Waals surface area contributed by atoms with E-state index in [4.69, 9.17) is 4.74 Å². The zero-order valence-electron chi connectivity index (χ0n) is 12.0. The van der Waals surface area contributed by atoms with Crippen LogP contribution < -0.4 is 0 Å². The number of hydrogen-bond donors (Lipinski definition) is 1. The molecule has 3 unspecified atom stereocenters. The summed E-state index contributed by atoms with van der Waals surface area (Å²) in [6.45, 7) is 7.45. The van der Waals surface area contributed by atoms with E-state index in [2.05, 4.69) is 20.8 Å². The predicted octanol–water partition coefficient (Wildman–Crippen LogP) is 3.33. The van der Waals surface area contributed by atoms with Gasteiger partial charge in [-0.25, -0.2) is 0 Å². The molecule has 2 heterocycles. The van der Waals surface area contributed by atoms with Crippen molar-refractivity contribution in [1.82, 2.24) is 0 Å². The molecule has 0 saturated carbocycles. The maximum atomic E-state index is 10.6. The molecule has 3 atom stereocenters. The van der Waals surface area contributed by atoms with Crippen molar-refractivity contribution in [2.75, 3.05) is 18.1 Å². The molecular formula is C15H28O2S. The number of thioether (sulfide) groups is 1. The van der Waals surface area contributed by atoms with Crippen molar-refractivity contribution in [3.8, 4) is 0 Å². The van der Waals surface area contributed by atoms with E-state index in [0.29, 0.717) is 17.8 Å². The van der Waals surface area contributed by atoms with E-state index in [1.165, 1.54) is 24.3 Å². The van der Waals surface area contributed by atoms with Crippen molar-refractivity contribution in [2.24, 2.45) is 17.8 Å². The number of hydrogen-bond acceptors (Lipinski definition) is 3. The molecule has 0 aromatic heterocycles. The van der Waals surface area contributed by atoms with Gasteiger partial charge in [0.1, 0.15) is 0 Å². The fourth-order valence-corrected chi connectivity index (χ4v) is 4.51. The summed E-state index contributed by atoms with van der Waals surface area (Å²) < 4.78 is 6.10. The van der Waals surface area contributed by atoms with Crippen molar-refractivity contribution in [1.29, 1.82) is 0 Å². The summed E-state index contributed by atoms with van der Waals surface area (Å²) in [4.78, 5) is 0. The van der Waals surface area contributed by atoms with E-state index in [9.17, 15) is 5.11 Å². The lowest BCUT2D eigenvalue weighted by molar-refractivity contribution is -0.128. The van der Waals surface area contributed by atoms with E-state index in [1.807, 2.05) is 11.8 Å². The lowest BCUT2D eigenvalue weighted by Gasteiger charge is -2.45. The van der Waals surface area contributed by atoms with Gasteiger partial charge in [0.15, 0.2) is 0 Å². The number of rotatable bonds is 3. The van der Waals surface area contributed by atoms with Crippen LogP contribution in [0, 0.1) is 17.8 Å². The van der Waals surface area contributed by atoms with Gasteiger partial charge in [-0.15, -0.1) is 0 Å². The zero-order valence-corrected chi connectivity index (χ0v) is 12.8. The quantitative estimate of drug-likeness (QED) is 0.854. The van der Waals surface area contributed by atoms with Crippen LogP contribution in [-0.4, -0.2) is 34.9 Å². The van der Waals surface area contributed by atoms with Crippen LogP contribution >= 0.6 is 11.8 Å². The molecule has 3 heteroatoms. The minimum absolute atomic E-state index is 0.103. The van der Waals surface area contributed by atoms with Crippen LogP contribution in [0.4, 0.5) is 0 Å². The topological polar surface area (TPSA) is 29.5 Å². The number of aliphatic hydroxyl groups excluding tert-OH is 1. The van der Waals surface area contributed by atoms with Gasteiger partial charge in [0.05, 0.1) is 11.7 Å². The van der Waals surface area contributed by atoms with Gasteiger partial charge in [0, 0.05) is 6.61 Å². The molecule has 0 amide bonds. The highest BCUT2D eigenvalue weighted by molar-refractivity contribution is 7.99. The molecular weight excluding hydrogens is 244 g/mol. The fourth-order valence-electron chi connectivity index (χ4n) is 3.27. The molecule has 0 aromatic carbocycles. The second-order valence-electron chi connectivity index (χ2n) is 6.49. The van der Waals surface area contributed by atoms with Crippen LogP contribution in [0.15, 0.2) is 0 Å². The van der Waals surface area contributed by atoms with Crippen molar-refractivity contribution in [3.63, 3.8) is 0 Å². The summed E-state index contributed by atoms with van der Waals surface area (Å²) in [5.41, 5.74) is 0.103. The lowest BCUT2D eigenvalue weighted by Crippen LogP contribution is -2.46. The van der Waals surface area contributed by atoms with Crippen LogP contribution in [0.3, 0.4) is 0 Å². The summed E-state index contributed by atoms with van der Waals surface area (Å²) in [7, 11) is 0. The summed E-state index contributed by atoms with van der Waals surface area (Å²) in [6.07, 6.45) is 4.31. The van der Waals surface area contributed by atoms with Crippen LogP contribution in [0.5, 0.6) is 0 Å². The zero-order chi connectivity index (χ0) is 13.2. The smallest absolute Gasteiger partial charge is 0.0701 e. The molecule has 2 saturated heterocycles. The summed E-state index contributed by atoms with van der Waals surface area (Å²) in [6, 6.07) is 0. The summed E-state index contributed by atoms with van der Waals surface area (Å²) in [5, 5.41) is 10.6. The standard InChI is InChI=1S/C15H28O2S/c1-11(2)12(3)14(16)13-4-7-17-15(10-13)5-8-18-9-6-15/h11-14,16H,4-10H2,1-3H3. The maximum absolute atomic E-state index is 10.6. The van der Waals surface area contributed by atoms with Crippen molar-refractivity contribution in [3.05, 3.63) is 0 Å². The first-order valence-electron chi connectivity index (χ1n) is 7.44. The highest BCUT2D eigenvalue weighted by Crippen LogP contribution is 2.42. The molecule has 18 heavy (non-hydrogen) atoms. The Morgan fingerprint density at radius 3 is 2.50 bits per heavy atom. The Morgan fingerprint density at radius 2 is 1.89 bits per heavy atom. The Kier molecular flexibility index (Phi) is 5.01. The molecule has 106 valence electrons. The second kappa shape index (κ2) is 6.15. The van der Waals surface area contributed by atoms with Gasteiger partial charge in [-0.3, -0.25) is 0 Å². The average molecular weight is 272 g/mol. The molecule has 1 spiro atoms. The summed E-state index contributed by atoms with van der Waals surface area (Å²) >= 11 is 2.04. The van der Waals surface area contributed by atoms with Gasteiger partial charge in [-0.05, 0) is 54.9 Å². The first-order valence-corrected chi connectivity index (χ1v) is 8.59. The van der Waals surface area contributed by atoms with Gasteiger partial charge in [-0.2, -0.15) is 11.8 Å². The van der Waals surface area contributed by atoms with E-state index < -0.39 is 0 Å². The molecule has 0 bridgehead atoms. The van der Waals surface area contributed by atoms with Crippen LogP contribution in [0.1, 0.15) is 46.5 Å². The average Bonchev–Trinajstić information content (AvgIpc) is 2.38. The Labute approximate surface area is 116 Å². The molecule has 0 aromatic rings. The third-order valence-electron chi connectivity index (χ3n) is 5.01. The second-order valence-corrected chi connectivity index (χ2v) is 7.72. The van der Waals surface area contributed by atoms with Gasteiger partial charge >= 0.3 is 0 Å². The monoisotopic (exact) mass is 272 g/mol. The molecule has 0 aliphatic carbocycles. The van der Waals surface area contributed by atoms with Crippen molar-refractivity contribution >= 4 is 11.8 Å². The van der Waals surface area contributed by atoms with Gasteiger partial charge in [-0.1, -0.05) is 20.8 Å². The third kappa shape index (κ3) is 3.23. The first-order chi connectivity index (χ1) is 8.54. The molecule has 2 nitrogen and oxygen atoms in total. The molecule has 2 aliphatic rings. The predicted molar refractivity (Wildman–Crippen MR) is 78.0 cm³/mol. The molecule has 2 fully saturated rings. The third-order valence-corrected chi connectivity index (χ3v) is 5.99. The van der Waals surface area contributed by atoms with Gasteiger partial charge in [0.25, 0.3) is 0 Å². The van der Waals surface area contributed by atoms with E-state index in [-0.39, 0.29) is 11.7 Å². The minimum Gasteiger partial charge on any atom is -0.393 e. The Hall–Kier alpha value is 0.270. The largest absolute Gasteiger partial charge is 0.393 e. The summed E-state index contributed by atoms with van der Waals surface area (Å²) in [5.74, 6) is 3.84. The number of aliphatic hydroxyl groups is 1. The van der Waals surface area contributed by atoms with Crippen molar-refractivity contribution < 1.29 is 9.84 Å². The van der Waals surface area contributed by atoms with Gasteiger partial charge in [0.2, 0.25) is 0 Å². The number of ether oxygens (including phenoxy) is 1. The lowest BCUT2D eigenvalue weighted by atomic mass is 9.75. The normalized spacial score (nSPS) is 31.5. The van der Waals surface area contributed by atoms with Crippen LogP contribution in [-0.2, 0) is 4.74 Å². The van der Waals surface area contributed by atoms with Crippen molar-refractivity contribution in [2.45, 2.75) is 58.2 Å². The maximum Gasteiger partial charge on any atom is 0.0701 e. The molecule has 1 N–H and O–H groups in total. The Bertz CT molecular complexity index is 256. The fraction of sp³-hybridized carbons (Fsp3) is 1.00. The highest BCUT2D eigenvalue weighted by Gasteiger charge is 2.41. The SMILES string of the molecule is CC(C)C(C)C(O)C1CCOC2(CCSCC2)C1.